The first-order valence-corrected chi connectivity index (χ1v) is 7.07. The van der Waals surface area contributed by atoms with Crippen molar-refractivity contribution in [1.29, 1.82) is 0 Å². The minimum absolute atomic E-state index is 0.0127. The summed E-state index contributed by atoms with van der Waals surface area (Å²) in [6.45, 7) is 6.03. The Morgan fingerprint density at radius 2 is 2.21 bits per heavy atom. The third-order valence-electron chi connectivity index (χ3n) is 3.64. The van der Waals surface area contributed by atoms with Crippen molar-refractivity contribution in [3.05, 3.63) is 0 Å². The van der Waals surface area contributed by atoms with Crippen molar-refractivity contribution in [1.82, 2.24) is 15.5 Å². The molecule has 1 aliphatic heterocycles. The van der Waals surface area contributed by atoms with Crippen molar-refractivity contribution in [2.45, 2.75) is 44.8 Å². The second-order valence-corrected chi connectivity index (χ2v) is 5.17. The van der Waals surface area contributed by atoms with Crippen molar-refractivity contribution in [3.63, 3.8) is 0 Å². The molecular formula is C13H23N3O3. The maximum absolute atomic E-state index is 12.1. The molecule has 0 spiro atoms. The number of amides is 1. The van der Waals surface area contributed by atoms with Gasteiger partial charge in [-0.1, -0.05) is 0 Å². The Bertz CT molecular complexity index is 344. The zero-order valence-electron chi connectivity index (χ0n) is 11.6. The van der Waals surface area contributed by atoms with Crippen LogP contribution < -0.4 is 10.6 Å². The topological polar surface area (TPSA) is 70.7 Å². The standard InChI is InChI=1S/C13H23N3O3/c1-3-19-13(18)11-8-14-6-7-16(11)9(2)12(17)15-10-4-5-10/h9-11,14H,3-8H2,1-2H3,(H,15,17). The number of ether oxygens (including phenoxy) is 1. The fourth-order valence-electron chi connectivity index (χ4n) is 2.34. The number of carbonyl (C=O) groups is 2. The van der Waals surface area contributed by atoms with Crippen LogP contribution >= 0.6 is 0 Å². The summed E-state index contributed by atoms with van der Waals surface area (Å²) in [7, 11) is 0. The van der Waals surface area contributed by atoms with Gasteiger partial charge in [0.15, 0.2) is 0 Å². The lowest BCUT2D eigenvalue weighted by molar-refractivity contribution is -0.152. The van der Waals surface area contributed by atoms with Gasteiger partial charge in [0.25, 0.3) is 0 Å². The zero-order chi connectivity index (χ0) is 13.8. The van der Waals surface area contributed by atoms with E-state index in [1.54, 1.807) is 6.92 Å². The fraction of sp³-hybridized carbons (Fsp3) is 0.846. The molecule has 2 fully saturated rings. The Kier molecular flexibility index (Phi) is 4.76. The predicted octanol–water partition coefficient (Wildman–Crippen LogP) is -0.510. The lowest BCUT2D eigenvalue weighted by atomic mass is 10.1. The molecule has 2 unspecified atom stereocenters. The van der Waals surface area contributed by atoms with Crippen LogP contribution in [0.4, 0.5) is 0 Å². The average molecular weight is 269 g/mol. The van der Waals surface area contributed by atoms with Crippen molar-refractivity contribution < 1.29 is 14.3 Å². The van der Waals surface area contributed by atoms with Crippen molar-refractivity contribution >= 4 is 11.9 Å². The van der Waals surface area contributed by atoms with E-state index in [0.29, 0.717) is 25.7 Å². The summed E-state index contributed by atoms with van der Waals surface area (Å²) in [6, 6.07) is -0.315. The molecule has 1 aliphatic carbocycles. The number of carbonyl (C=O) groups excluding carboxylic acids is 2. The number of nitrogens with one attached hydrogen (secondary N) is 2. The Morgan fingerprint density at radius 1 is 1.47 bits per heavy atom. The molecule has 0 aromatic carbocycles. The molecule has 2 aliphatic rings. The number of piperazine rings is 1. The average Bonchev–Trinajstić information content (AvgIpc) is 3.22. The van der Waals surface area contributed by atoms with Crippen LogP contribution in [0.25, 0.3) is 0 Å². The maximum Gasteiger partial charge on any atom is 0.324 e. The summed E-state index contributed by atoms with van der Waals surface area (Å²) in [5.41, 5.74) is 0. The van der Waals surface area contributed by atoms with Crippen LogP contribution in [0, 0.1) is 0 Å². The van der Waals surface area contributed by atoms with Gasteiger partial charge in [-0.25, -0.2) is 0 Å². The van der Waals surface area contributed by atoms with Crippen LogP contribution in [0.3, 0.4) is 0 Å². The zero-order valence-corrected chi connectivity index (χ0v) is 11.6. The van der Waals surface area contributed by atoms with E-state index in [9.17, 15) is 9.59 Å². The van der Waals surface area contributed by atoms with Gasteiger partial charge in [-0.2, -0.15) is 0 Å². The Labute approximate surface area is 113 Å². The van der Waals surface area contributed by atoms with Crippen molar-refractivity contribution in [3.8, 4) is 0 Å². The number of nitrogens with zero attached hydrogens (tertiary/aromatic N) is 1. The molecule has 0 aromatic rings. The summed E-state index contributed by atoms with van der Waals surface area (Å²) in [5.74, 6) is -0.237. The molecule has 2 atom stereocenters. The third kappa shape index (κ3) is 3.67. The number of hydrogen-bond donors (Lipinski definition) is 2. The SMILES string of the molecule is CCOC(=O)C1CNCCN1C(C)C(=O)NC1CC1. The highest BCUT2D eigenvalue weighted by Gasteiger charge is 2.36. The van der Waals surface area contributed by atoms with Crippen LogP contribution in [0.1, 0.15) is 26.7 Å². The molecule has 0 aromatic heterocycles. The van der Waals surface area contributed by atoms with E-state index in [2.05, 4.69) is 10.6 Å². The third-order valence-corrected chi connectivity index (χ3v) is 3.64. The molecular weight excluding hydrogens is 246 g/mol. The summed E-state index contributed by atoms with van der Waals surface area (Å²) >= 11 is 0. The summed E-state index contributed by atoms with van der Waals surface area (Å²) in [6.07, 6.45) is 2.14. The van der Waals surface area contributed by atoms with Gasteiger partial charge in [-0.15, -0.1) is 0 Å². The Balaban J connectivity index is 1.96. The van der Waals surface area contributed by atoms with E-state index in [4.69, 9.17) is 4.74 Å². The first-order valence-electron chi connectivity index (χ1n) is 7.07. The van der Waals surface area contributed by atoms with Gasteiger partial charge in [-0.05, 0) is 26.7 Å². The second kappa shape index (κ2) is 6.34. The normalized spacial score (nSPS) is 25.7. The van der Waals surface area contributed by atoms with E-state index in [1.165, 1.54) is 0 Å². The Morgan fingerprint density at radius 3 is 2.84 bits per heavy atom. The monoisotopic (exact) mass is 269 g/mol. The van der Waals surface area contributed by atoms with Gasteiger partial charge in [0.05, 0.1) is 12.6 Å². The molecule has 6 heteroatoms. The number of hydrogen-bond acceptors (Lipinski definition) is 5. The van der Waals surface area contributed by atoms with Crippen molar-refractivity contribution in [2.24, 2.45) is 0 Å². The van der Waals surface area contributed by atoms with Gasteiger partial charge in [0.1, 0.15) is 6.04 Å². The van der Waals surface area contributed by atoms with Crippen LogP contribution in [0.5, 0.6) is 0 Å². The number of esters is 1. The van der Waals surface area contributed by atoms with Crippen LogP contribution in [0.2, 0.25) is 0 Å². The quantitative estimate of drug-likeness (QED) is 0.658. The molecule has 0 radical (unpaired) electrons. The minimum atomic E-state index is -0.367. The lowest BCUT2D eigenvalue weighted by Gasteiger charge is -2.37. The molecule has 1 saturated carbocycles. The lowest BCUT2D eigenvalue weighted by Crippen LogP contribution is -2.61. The number of rotatable bonds is 5. The van der Waals surface area contributed by atoms with Gasteiger partial charge in [-0.3, -0.25) is 14.5 Å². The molecule has 2 N–H and O–H groups in total. The molecule has 19 heavy (non-hydrogen) atoms. The van der Waals surface area contributed by atoms with Crippen LogP contribution in [-0.4, -0.2) is 61.1 Å². The Hall–Kier alpha value is -1.14. The second-order valence-electron chi connectivity index (χ2n) is 5.17. The molecule has 2 rings (SSSR count). The van der Waals surface area contributed by atoms with Gasteiger partial charge >= 0.3 is 5.97 Å². The molecule has 6 nitrogen and oxygen atoms in total. The molecule has 0 bridgehead atoms. The summed E-state index contributed by atoms with van der Waals surface area (Å²) in [4.78, 5) is 26.0. The minimum Gasteiger partial charge on any atom is -0.465 e. The van der Waals surface area contributed by atoms with Gasteiger partial charge in [0, 0.05) is 25.7 Å². The van der Waals surface area contributed by atoms with Crippen molar-refractivity contribution in [2.75, 3.05) is 26.2 Å². The van der Waals surface area contributed by atoms with E-state index in [-0.39, 0.29) is 24.0 Å². The maximum atomic E-state index is 12.1. The first-order chi connectivity index (χ1) is 9.13. The van der Waals surface area contributed by atoms with Gasteiger partial charge in [0.2, 0.25) is 5.91 Å². The molecule has 1 saturated heterocycles. The summed E-state index contributed by atoms with van der Waals surface area (Å²) < 4.78 is 5.08. The highest BCUT2D eigenvalue weighted by Crippen LogP contribution is 2.19. The first kappa shape index (κ1) is 14.3. The fourth-order valence-corrected chi connectivity index (χ4v) is 2.34. The van der Waals surface area contributed by atoms with E-state index in [1.807, 2.05) is 11.8 Å². The van der Waals surface area contributed by atoms with Gasteiger partial charge < -0.3 is 15.4 Å². The highest BCUT2D eigenvalue weighted by molar-refractivity contribution is 5.83. The molecule has 1 heterocycles. The van der Waals surface area contributed by atoms with Crippen LogP contribution in [-0.2, 0) is 14.3 Å². The van der Waals surface area contributed by atoms with Crippen LogP contribution in [0.15, 0.2) is 0 Å². The summed E-state index contributed by atoms with van der Waals surface area (Å²) in [5, 5.41) is 6.17. The predicted molar refractivity (Wildman–Crippen MR) is 70.6 cm³/mol. The molecule has 108 valence electrons. The molecule has 1 amide bonds. The van der Waals surface area contributed by atoms with E-state index < -0.39 is 0 Å². The smallest absolute Gasteiger partial charge is 0.324 e. The van der Waals surface area contributed by atoms with E-state index >= 15 is 0 Å². The largest absolute Gasteiger partial charge is 0.465 e. The highest BCUT2D eigenvalue weighted by atomic mass is 16.5. The van der Waals surface area contributed by atoms with E-state index in [0.717, 1.165) is 19.4 Å².